The van der Waals surface area contributed by atoms with Crippen LogP contribution in [0.25, 0.3) is 0 Å². The molecule has 2 aromatic rings. The van der Waals surface area contributed by atoms with Crippen molar-refractivity contribution in [1.29, 1.82) is 0 Å². The maximum Gasteiger partial charge on any atom is 0.231 e. The molecule has 2 aliphatic heterocycles. The van der Waals surface area contributed by atoms with Crippen molar-refractivity contribution in [3.8, 4) is 17.2 Å². The van der Waals surface area contributed by atoms with Crippen LogP contribution in [0.2, 0.25) is 0 Å². The third-order valence-electron chi connectivity index (χ3n) is 4.82. The van der Waals surface area contributed by atoms with E-state index in [4.69, 9.17) is 18.9 Å². The SMILES string of the molecule is COc1cc(CNC[C@@H]2CCO[C@H]2c2ccnn2C)cc2c1OCO2. The molecule has 4 rings (SSSR count). The van der Waals surface area contributed by atoms with Crippen molar-refractivity contribution in [3.05, 3.63) is 35.7 Å². The molecule has 0 radical (unpaired) electrons. The molecule has 134 valence electrons. The fraction of sp³-hybridized carbons (Fsp3) is 0.500. The van der Waals surface area contributed by atoms with Crippen LogP contribution >= 0.6 is 0 Å². The first-order valence-electron chi connectivity index (χ1n) is 8.53. The van der Waals surface area contributed by atoms with Gasteiger partial charge in [-0.3, -0.25) is 4.68 Å². The Morgan fingerprint density at radius 2 is 2.28 bits per heavy atom. The van der Waals surface area contributed by atoms with Gasteiger partial charge in [0.1, 0.15) is 6.10 Å². The van der Waals surface area contributed by atoms with Crippen molar-refractivity contribution in [2.24, 2.45) is 13.0 Å². The van der Waals surface area contributed by atoms with E-state index in [0.29, 0.717) is 17.4 Å². The fourth-order valence-electron chi connectivity index (χ4n) is 3.52. The molecular formula is C18H23N3O4. The molecule has 1 fully saturated rings. The molecule has 0 amide bonds. The number of methoxy groups -OCH3 is 1. The van der Waals surface area contributed by atoms with Gasteiger partial charge in [0.05, 0.1) is 12.8 Å². The lowest BCUT2D eigenvalue weighted by atomic mass is 9.99. The van der Waals surface area contributed by atoms with Crippen molar-refractivity contribution in [2.75, 3.05) is 27.1 Å². The highest BCUT2D eigenvalue weighted by Crippen LogP contribution is 2.41. The summed E-state index contributed by atoms with van der Waals surface area (Å²) in [6.45, 7) is 2.66. The second kappa shape index (κ2) is 6.93. The highest BCUT2D eigenvalue weighted by atomic mass is 16.7. The maximum absolute atomic E-state index is 5.93. The van der Waals surface area contributed by atoms with Gasteiger partial charge < -0.3 is 24.3 Å². The van der Waals surface area contributed by atoms with Crippen LogP contribution in [0.1, 0.15) is 23.8 Å². The average molecular weight is 345 g/mol. The van der Waals surface area contributed by atoms with E-state index in [9.17, 15) is 0 Å². The molecule has 1 N–H and O–H groups in total. The first-order chi connectivity index (χ1) is 12.3. The third kappa shape index (κ3) is 3.17. The molecule has 0 saturated carbocycles. The lowest BCUT2D eigenvalue weighted by Gasteiger charge is -2.19. The van der Waals surface area contributed by atoms with Gasteiger partial charge in [0, 0.05) is 38.9 Å². The molecule has 0 spiro atoms. The fourth-order valence-corrected chi connectivity index (χ4v) is 3.52. The van der Waals surface area contributed by atoms with E-state index in [0.717, 1.165) is 43.1 Å². The minimum Gasteiger partial charge on any atom is -0.493 e. The number of aromatic nitrogens is 2. The van der Waals surface area contributed by atoms with E-state index in [1.165, 1.54) is 0 Å². The van der Waals surface area contributed by atoms with Gasteiger partial charge in [0.25, 0.3) is 0 Å². The van der Waals surface area contributed by atoms with Crippen molar-refractivity contribution < 1.29 is 18.9 Å². The van der Waals surface area contributed by atoms with Gasteiger partial charge in [-0.2, -0.15) is 5.10 Å². The standard InChI is InChI=1S/C18H23N3O4/c1-21-14(3-5-20-21)17-13(4-6-23-17)10-19-9-12-7-15(22-2)18-16(8-12)24-11-25-18/h3,5,7-8,13,17,19H,4,6,9-11H2,1-2H3/t13-,17+/m0/s1. The van der Waals surface area contributed by atoms with Gasteiger partial charge in [0.2, 0.25) is 12.5 Å². The molecule has 25 heavy (non-hydrogen) atoms. The van der Waals surface area contributed by atoms with Gasteiger partial charge in [-0.05, 0) is 30.2 Å². The highest BCUT2D eigenvalue weighted by molar-refractivity contribution is 5.55. The Hall–Kier alpha value is -2.25. The van der Waals surface area contributed by atoms with Crippen molar-refractivity contribution >= 4 is 0 Å². The number of nitrogens with one attached hydrogen (secondary N) is 1. The number of fused-ring (bicyclic) bond motifs is 1. The van der Waals surface area contributed by atoms with Gasteiger partial charge in [-0.15, -0.1) is 0 Å². The number of hydrogen-bond acceptors (Lipinski definition) is 6. The predicted octanol–water partition coefficient (Wildman–Crippen LogP) is 2.02. The number of rotatable bonds is 6. The summed E-state index contributed by atoms with van der Waals surface area (Å²) in [7, 11) is 3.60. The summed E-state index contributed by atoms with van der Waals surface area (Å²) in [4.78, 5) is 0. The average Bonchev–Trinajstić information content (AvgIpc) is 3.34. The Balaban J connectivity index is 1.39. The van der Waals surface area contributed by atoms with Crippen molar-refractivity contribution in [3.63, 3.8) is 0 Å². The zero-order chi connectivity index (χ0) is 17.2. The normalized spacial score (nSPS) is 21.7. The number of benzene rings is 1. The minimum absolute atomic E-state index is 0.103. The summed E-state index contributed by atoms with van der Waals surface area (Å²) >= 11 is 0. The Kier molecular flexibility index (Phi) is 4.50. The van der Waals surface area contributed by atoms with Crippen LogP contribution in [0, 0.1) is 5.92 Å². The Bertz CT molecular complexity index is 746. The van der Waals surface area contributed by atoms with Crippen LogP contribution in [-0.2, 0) is 18.3 Å². The molecule has 7 heteroatoms. The first-order valence-corrected chi connectivity index (χ1v) is 8.53. The predicted molar refractivity (Wildman–Crippen MR) is 90.8 cm³/mol. The summed E-state index contributed by atoms with van der Waals surface area (Å²) in [6, 6.07) is 6.03. The molecule has 2 atom stereocenters. The first kappa shape index (κ1) is 16.2. The van der Waals surface area contributed by atoms with E-state index in [1.54, 1.807) is 7.11 Å². The quantitative estimate of drug-likeness (QED) is 0.864. The molecule has 7 nitrogen and oxygen atoms in total. The third-order valence-corrected chi connectivity index (χ3v) is 4.82. The monoisotopic (exact) mass is 345 g/mol. The summed E-state index contributed by atoms with van der Waals surface area (Å²) in [6.07, 6.45) is 2.97. The van der Waals surface area contributed by atoms with E-state index < -0.39 is 0 Å². The number of nitrogens with zero attached hydrogens (tertiary/aromatic N) is 2. The van der Waals surface area contributed by atoms with Crippen LogP contribution in [0.15, 0.2) is 24.4 Å². The van der Waals surface area contributed by atoms with Crippen LogP contribution in [0.5, 0.6) is 17.2 Å². The van der Waals surface area contributed by atoms with Crippen LogP contribution in [-0.4, -0.2) is 36.8 Å². The maximum atomic E-state index is 5.93. The number of aryl methyl sites for hydroxylation is 1. The molecule has 1 aromatic heterocycles. The zero-order valence-electron chi connectivity index (χ0n) is 14.5. The largest absolute Gasteiger partial charge is 0.493 e. The summed E-state index contributed by atoms with van der Waals surface area (Å²) in [5, 5.41) is 7.79. The summed E-state index contributed by atoms with van der Waals surface area (Å²) in [5.41, 5.74) is 2.24. The zero-order valence-corrected chi connectivity index (χ0v) is 14.5. The molecule has 0 unspecified atom stereocenters. The van der Waals surface area contributed by atoms with Gasteiger partial charge in [-0.25, -0.2) is 0 Å². The van der Waals surface area contributed by atoms with Crippen molar-refractivity contribution in [1.82, 2.24) is 15.1 Å². The smallest absolute Gasteiger partial charge is 0.231 e. The Labute approximate surface area is 146 Å². The van der Waals surface area contributed by atoms with Crippen molar-refractivity contribution in [2.45, 2.75) is 19.1 Å². The van der Waals surface area contributed by atoms with Crippen LogP contribution in [0.4, 0.5) is 0 Å². The molecule has 1 saturated heterocycles. The topological polar surface area (TPSA) is 66.8 Å². The van der Waals surface area contributed by atoms with Crippen LogP contribution in [0.3, 0.4) is 0 Å². The second-order valence-corrected chi connectivity index (χ2v) is 6.38. The second-order valence-electron chi connectivity index (χ2n) is 6.38. The van der Waals surface area contributed by atoms with Gasteiger partial charge in [0.15, 0.2) is 11.5 Å². The number of ether oxygens (including phenoxy) is 4. The lowest BCUT2D eigenvalue weighted by Crippen LogP contribution is -2.25. The molecule has 2 aliphatic rings. The van der Waals surface area contributed by atoms with E-state index in [1.807, 2.05) is 36.1 Å². The Morgan fingerprint density at radius 1 is 1.36 bits per heavy atom. The van der Waals surface area contributed by atoms with E-state index in [-0.39, 0.29) is 12.9 Å². The van der Waals surface area contributed by atoms with E-state index in [2.05, 4.69) is 10.4 Å². The van der Waals surface area contributed by atoms with Gasteiger partial charge in [-0.1, -0.05) is 0 Å². The molecule has 0 aliphatic carbocycles. The van der Waals surface area contributed by atoms with Gasteiger partial charge >= 0.3 is 0 Å². The molecule has 0 bridgehead atoms. The number of hydrogen-bond donors (Lipinski definition) is 1. The van der Waals surface area contributed by atoms with E-state index >= 15 is 0 Å². The van der Waals surface area contributed by atoms with Crippen LogP contribution < -0.4 is 19.5 Å². The molecule has 3 heterocycles. The lowest BCUT2D eigenvalue weighted by molar-refractivity contribution is 0.0838. The Morgan fingerprint density at radius 3 is 3.08 bits per heavy atom. The summed E-state index contributed by atoms with van der Waals surface area (Å²) < 4.78 is 24.1. The minimum atomic E-state index is 0.103. The highest BCUT2D eigenvalue weighted by Gasteiger charge is 2.31. The summed E-state index contributed by atoms with van der Waals surface area (Å²) in [5.74, 6) is 2.58. The molecular weight excluding hydrogens is 322 g/mol. The molecule has 1 aromatic carbocycles.